The van der Waals surface area contributed by atoms with Crippen LogP contribution in [0.15, 0.2) is 41.1 Å². The van der Waals surface area contributed by atoms with E-state index in [9.17, 15) is 0 Å². The van der Waals surface area contributed by atoms with E-state index in [1.807, 2.05) is 25.1 Å². The number of methoxy groups -OCH3 is 1. The SMILES string of the molecule is COCCN(Cc1ccc(C)o1)c1ncnc2ccc(C)cc12. The van der Waals surface area contributed by atoms with Crippen molar-refractivity contribution in [2.45, 2.75) is 20.4 Å². The molecular weight excluding hydrogens is 290 g/mol. The highest BCUT2D eigenvalue weighted by Gasteiger charge is 2.14. The third kappa shape index (κ3) is 3.51. The number of furan rings is 1. The van der Waals surface area contributed by atoms with E-state index in [0.29, 0.717) is 13.2 Å². The summed E-state index contributed by atoms with van der Waals surface area (Å²) in [7, 11) is 1.71. The smallest absolute Gasteiger partial charge is 0.140 e. The van der Waals surface area contributed by atoms with Crippen molar-refractivity contribution in [3.63, 3.8) is 0 Å². The van der Waals surface area contributed by atoms with E-state index in [4.69, 9.17) is 9.15 Å². The third-order valence-corrected chi connectivity index (χ3v) is 3.78. The second kappa shape index (κ2) is 6.79. The van der Waals surface area contributed by atoms with Crippen LogP contribution in [0.5, 0.6) is 0 Å². The van der Waals surface area contributed by atoms with E-state index in [1.165, 1.54) is 5.56 Å². The molecule has 0 atom stereocenters. The van der Waals surface area contributed by atoms with Gasteiger partial charge in [-0.05, 0) is 38.1 Å². The number of anilines is 1. The van der Waals surface area contributed by atoms with Crippen molar-refractivity contribution in [2.75, 3.05) is 25.2 Å². The molecule has 1 aromatic carbocycles. The van der Waals surface area contributed by atoms with Crippen LogP contribution in [0, 0.1) is 13.8 Å². The number of hydrogen-bond acceptors (Lipinski definition) is 5. The summed E-state index contributed by atoms with van der Waals surface area (Å²) in [5.41, 5.74) is 2.13. The molecule has 0 radical (unpaired) electrons. The Labute approximate surface area is 135 Å². The fraction of sp³-hybridized carbons (Fsp3) is 0.333. The molecule has 0 bridgehead atoms. The van der Waals surface area contributed by atoms with Gasteiger partial charge in [0.2, 0.25) is 0 Å². The Morgan fingerprint density at radius 1 is 1.13 bits per heavy atom. The Morgan fingerprint density at radius 3 is 2.74 bits per heavy atom. The molecule has 0 fully saturated rings. The van der Waals surface area contributed by atoms with Gasteiger partial charge in [-0.15, -0.1) is 0 Å². The number of hydrogen-bond donors (Lipinski definition) is 0. The Kier molecular flexibility index (Phi) is 4.57. The lowest BCUT2D eigenvalue weighted by molar-refractivity contribution is 0.204. The van der Waals surface area contributed by atoms with Gasteiger partial charge in [0, 0.05) is 19.0 Å². The molecule has 5 nitrogen and oxygen atoms in total. The van der Waals surface area contributed by atoms with Crippen LogP contribution < -0.4 is 4.90 Å². The number of ether oxygens (including phenoxy) is 1. The van der Waals surface area contributed by atoms with Crippen LogP contribution in [0.25, 0.3) is 10.9 Å². The highest BCUT2D eigenvalue weighted by Crippen LogP contribution is 2.25. The molecule has 2 heterocycles. The van der Waals surface area contributed by atoms with E-state index in [2.05, 4.69) is 33.9 Å². The van der Waals surface area contributed by atoms with Crippen molar-refractivity contribution in [1.82, 2.24) is 9.97 Å². The number of aromatic nitrogens is 2. The van der Waals surface area contributed by atoms with Crippen molar-refractivity contribution >= 4 is 16.7 Å². The van der Waals surface area contributed by atoms with Gasteiger partial charge in [-0.2, -0.15) is 0 Å². The maximum absolute atomic E-state index is 5.73. The number of benzene rings is 1. The third-order valence-electron chi connectivity index (χ3n) is 3.78. The number of aryl methyl sites for hydroxylation is 2. The fourth-order valence-electron chi connectivity index (χ4n) is 2.63. The highest BCUT2D eigenvalue weighted by atomic mass is 16.5. The van der Waals surface area contributed by atoms with Crippen molar-refractivity contribution < 1.29 is 9.15 Å². The molecule has 0 saturated carbocycles. The minimum atomic E-state index is 0.622. The van der Waals surface area contributed by atoms with Crippen LogP contribution in [-0.2, 0) is 11.3 Å². The molecule has 2 aromatic heterocycles. The van der Waals surface area contributed by atoms with Gasteiger partial charge in [0.25, 0.3) is 0 Å². The van der Waals surface area contributed by atoms with E-state index in [-0.39, 0.29) is 0 Å². The van der Waals surface area contributed by atoms with Crippen LogP contribution in [0.3, 0.4) is 0 Å². The van der Waals surface area contributed by atoms with Crippen LogP contribution in [0.1, 0.15) is 17.1 Å². The van der Waals surface area contributed by atoms with E-state index < -0.39 is 0 Å². The molecule has 0 aliphatic heterocycles. The maximum Gasteiger partial charge on any atom is 0.140 e. The van der Waals surface area contributed by atoms with Crippen molar-refractivity contribution in [2.24, 2.45) is 0 Å². The minimum absolute atomic E-state index is 0.622. The molecular formula is C18H21N3O2. The summed E-state index contributed by atoms with van der Waals surface area (Å²) in [6, 6.07) is 10.2. The molecule has 0 N–H and O–H groups in total. The van der Waals surface area contributed by atoms with Gasteiger partial charge >= 0.3 is 0 Å². The summed E-state index contributed by atoms with van der Waals surface area (Å²) in [4.78, 5) is 11.1. The van der Waals surface area contributed by atoms with Gasteiger partial charge in [-0.1, -0.05) is 11.6 Å². The molecule has 0 amide bonds. The first kappa shape index (κ1) is 15.5. The fourth-order valence-corrected chi connectivity index (χ4v) is 2.63. The Hall–Kier alpha value is -2.40. The second-order valence-corrected chi connectivity index (χ2v) is 5.64. The van der Waals surface area contributed by atoms with Gasteiger partial charge in [-0.3, -0.25) is 0 Å². The monoisotopic (exact) mass is 311 g/mol. The summed E-state index contributed by atoms with van der Waals surface area (Å²) in [5.74, 6) is 2.73. The molecule has 3 rings (SSSR count). The molecule has 0 aliphatic carbocycles. The molecule has 120 valence electrons. The lowest BCUT2D eigenvalue weighted by atomic mass is 10.1. The zero-order valence-electron chi connectivity index (χ0n) is 13.7. The standard InChI is InChI=1S/C18H21N3O2/c1-13-4-7-17-16(10-13)18(20-12-19-17)21(8-9-22-3)11-15-6-5-14(2)23-15/h4-7,10,12H,8-9,11H2,1-3H3. The molecule has 0 spiro atoms. The molecule has 0 saturated heterocycles. The quantitative estimate of drug-likeness (QED) is 0.697. The predicted molar refractivity (Wildman–Crippen MR) is 90.6 cm³/mol. The Bertz CT molecular complexity index is 798. The van der Waals surface area contributed by atoms with E-state index >= 15 is 0 Å². The van der Waals surface area contributed by atoms with Gasteiger partial charge in [0.1, 0.15) is 23.7 Å². The highest BCUT2D eigenvalue weighted by molar-refractivity contribution is 5.89. The zero-order chi connectivity index (χ0) is 16.2. The minimum Gasteiger partial charge on any atom is -0.464 e. The molecule has 3 aromatic rings. The average Bonchev–Trinajstić information content (AvgIpc) is 2.96. The van der Waals surface area contributed by atoms with Gasteiger partial charge in [0.05, 0.1) is 18.7 Å². The van der Waals surface area contributed by atoms with E-state index in [0.717, 1.165) is 34.8 Å². The molecule has 0 aliphatic rings. The van der Waals surface area contributed by atoms with Gasteiger partial charge in [0.15, 0.2) is 0 Å². The summed E-state index contributed by atoms with van der Waals surface area (Å²) in [6.07, 6.45) is 1.61. The van der Waals surface area contributed by atoms with Crippen molar-refractivity contribution in [3.8, 4) is 0 Å². The summed E-state index contributed by atoms with van der Waals surface area (Å²) in [5, 5.41) is 1.05. The summed E-state index contributed by atoms with van der Waals surface area (Å²) < 4.78 is 11.0. The van der Waals surface area contributed by atoms with Crippen LogP contribution in [0.2, 0.25) is 0 Å². The Balaban J connectivity index is 2.00. The maximum atomic E-state index is 5.73. The average molecular weight is 311 g/mol. The zero-order valence-corrected chi connectivity index (χ0v) is 13.7. The summed E-state index contributed by atoms with van der Waals surface area (Å²) >= 11 is 0. The predicted octanol–water partition coefficient (Wildman–Crippen LogP) is 3.49. The molecule has 5 heteroatoms. The number of nitrogens with zero attached hydrogens (tertiary/aromatic N) is 3. The van der Waals surface area contributed by atoms with Crippen molar-refractivity contribution in [3.05, 3.63) is 53.7 Å². The van der Waals surface area contributed by atoms with Gasteiger partial charge in [-0.25, -0.2) is 9.97 Å². The van der Waals surface area contributed by atoms with Gasteiger partial charge < -0.3 is 14.1 Å². The molecule has 23 heavy (non-hydrogen) atoms. The molecule has 0 unspecified atom stereocenters. The normalized spacial score (nSPS) is 11.1. The largest absolute Gasteiger partial charge is 0.464 e. The first-order valence-corrected chi connectivity index (χ1v) is 7.68. The van der Waals surface area contributed by atoms with Crippen molar-refractivity contribution in [1.29, 1.82) is 0 Å². The topological polar surface area (TPSA) is 51.4 Å². The Morgan fingerprint density at radius 2 is 2.00 bits per heavy atom. The van der Waals surface area contributed by atoms with Crippen LogP contribution in [-0.4, -0.2) is 30.2 Å². The second-order valence-electron chi connectivity index (χ2n) is 5.64. The number of fused-ring (bicyclic) bond motifs is 1. The van der Waals surface area contributed by atoms with Crippen LogP contribution >= 0.6 is 0 Å². The van der Waals surface area contributed by atoms with Crippen LogP contribution in [0.4, 0.5) is 5.82 Å². The lowest BCUT2D eigenvalue weighted by Gasteiger charge is -2.23. The number of rotatable bonds is 6. The first-order chi connectivity index (χ1) is 11.2. The van der Waals surface area contributed by atoms with E-state index in [1.54, 1.807) is 13.4 Å². The summed E-state index contributed by atoms with van der Waals surface area (Å²) in [6.45, 7) is 6.03. The first-order valence-electron chi connectivity index (χ1n) is 7.68. The lowest BCUT2D eigenvalue weighted by Crippen LogP contribution is -2.27.